The number of hydrogen-bond acceptors (Lipinski definition) is 4. The number of hydrogen-bond donors (Lipinski definition) is 1. The summed E-state index contributed by atoms with van der Waals surface area (Å²) in [6.07, 6.45) is 0.0626. The van der Waals surface area contributed by atoms with Gasteiger partial charge in [0.15, 0.2) is 0 Å². The van der Waals surface area contributed by atoms with Gasteiger partial charge in [0.2, 0.25) is 0 Å². The van der Waals surface area contributed by atoms with Crippen molar-refractivity contribution in [2.75, 3.05) is 13.1 Å². The number of carbonyl (C=O) groups is 1. The van der Waals surface area contributed by atoms with Crippen LogP contribution in [0.3, 0.4) is 0 Å². The van der Waals surface area contributed by atoms with Crippen molar-refractivity contribution in [1.29, 1.82) is 0 Å². The predicted octanol–water partition coefficient (Wildman–Crippen LogP) is 1.11. The summed E-state index contributed by atoms with van der Waals surface area (Å²) in [4.78, 5) is 23.9. The van der Waals surface area contributed by atoms with Crippen LogP contribution in [-0.4, -0.2) is 40.0 Å². The number of non-ortho nitro benzene ring substituents is 1. The Balaban J connectivity index is 2.29. The van der Waals surface area contributed by atoms with Crippen LogP contribution in [0.4, 0.5) is 5.69 Å². The van der Waals surface area contributed by atoms with Crippen LogP contribution < -0.4 is 0 Å². The van der Waals surface area contributed by atoms with Gasteiger partial charge in [-0.1, -0.05) is 6.07 Å². The molecule has 1 atom stereocenters. The van der Waals surface area contributed by atoms with Crippen LogP contribution >= 0.6 is 0 Å². The molecule has 1 heterocycles. The van der Waals surface area contributed by atoms with E-state index in [0.29, 0.717) is 30.6 Å². The molecule has 1 N–H and O–H groups in total. The molecular weight excluding hydrogens is 236 g/mol. The number of aliphatic hydroxyl groups is 1. The molecule has 1 fully saturated rings. The Bertz CT molecular complexity index is 501. The normalized spacial score (nSPS) is 19.0. The van der Waals surface area contributed by atoms with Crippen LogP contribution in [-0.2, 0) is 0 Å². The van der Waals surface area contributed by atoms with Crippen molar-refractivity contribution in [2.45, 2.75) is 19.4 Å². The molecule has 6 nitrogen and oxygen atoms in total. The molecule has 2 rings (SSSR count). The number of amides is 1. The Labute approximate surface area is 104 Å². The van der Waals surface area contributed by atoms with Gasteiger partial charge in [0.05, 0.1) is 11.0 Å². The third-order valence-corrected chi connectivity index (χ3v) is 3.11. The first kappa shape index (κ1) is 12.5. The highest BCUT2D eigenvalue weighted by atomic mass is 16.6. The van der Waals surface area contributed by atoms with Crippen molar-refractivity contribution in [3.8, 4) is 0 Å². The van der Waals surface area contributed by atoms with Crippen molar-refractivity contribution < 1.29 is 14.8 Å². The number of benzene rings is 1. The number of likely N-dealkylation sites (tertiary alicyclic amines) is 1. The van der Waals surface area contributed by atoms with Crippen LogP contribution in [0.1, 0.15) is 22.3 Å². The molecule has 0 aromatic heterocycles. The first-order chi connectivity index (χ1) is 8.49. The third kappa shape index (κ3) is 2.33. The third-order valence-electron chi connectivity index (χ3n) is 3.11. The second-order valence-corrected chi connectivity index (χ2v) is 4.45. The molecule has 0 radical (unpaired) electrons. The SMILES string of the molecule is Cc1ccc([N+](=O)[O-])cc1C(=O)N1CCC(O)C1. The monoisotopic (exact) mass is 250 g/mol. The lowest BCUT2D eigenvalue weighted by molar-refractivity contribution is -0.384. The van der Waals surface area contributed by atoms with E-state index >= 15 is 0 Å². The number of nitrogens with zero attached hydrogens (tertiary/aromatic N) is 2. The summed E-state index contributed by atoms with van der Waals surface area (Å²) in [7, 11) is 0. The van der Waals surface area contributed by atoms with Gasteiger partial charge in [-0.15, -0.1) is 0 Å². The number of rotatable bonds is 2. The Morgan fingerprint density at radius 1 is 1.56 bits per heavy atom. The van der Waals surface area contributed by atoms with Crippen molar-refractivity contribution in [1.82, 2.24) is 4.90 Å². The summed E-state index contributed by atoms with van der Waals surface area (Å²) in [5.74, 6) is -0.257. The summed E-state index contributed by atoms with van der Waals surface area (Å²) in [6, 6.07) is 4.24. The van der Waals surface area contributed by atoms with E-state index in [1.54, 1.807) is 13.0 Å². The minimum atomic E-state index is -0.519. The van der Waals surface area contributed by atoms with Gasteiger partial charge >= 0.3 is 0 Å². The zero-order chi connectivity index (χ0) is 13.3. The van der Waals surface area contributed by atoms with Gasteiger partial charge in [-0.25, -0.2) is 0 Å². The Morgan fingerprint density at radius 2 is 2.28 bits per heavy atom. The molecule has 1 saturated heterocycles. The highest BCUT2D eigenvalue weighted by Crippen LogP contribution is 2.21. The predicted molar refractivity (Wildman–Crippen MR) is 64.4 cm³/mol. The average Bonchev–Trinajstić information content (AvgIpc) is 2.75. The quantitative estimate of drug-likeness (QED) is 0.629. The first-order valence-corrected chi connectivity index (χ1v) is 5.71. The van der Waals surface area contributed by atoms with Crippen molar-refractivity contribution in [3.63, 3.8) is 0 Å². The van der Waals surface area contributed by atoms with Gasteiger partial charge in [-0.05, 0) is 18.9 Å². The van der Waals surface area contributed by atoms with Crippen LogP contribution in [0, 0.1) is 17.0 Å². The fraction of sp³-hybridized carbons (Fsp3) is 0.417. The average molecular weight is 250 g/mol. The standard InChI is InChI=1S/C12H14N2O4/c1-8-2-3-9(14(17)18)6-11(8)12(16)13-5-4-10(15)7-13/h2-3,6,10,15H,4-5,7H2,1H3. The summed E-state index contributed by atoms with van der Waals surface area (Å²) in [5, 5.41) is 20.1. The molecule has 0 spiro atoms. The molecule has 0 aliphatic carbocycles. The van der Waals surface area contributed by atoms with Gasteiger partial charge in [0.25, 0.3) is 11.6 Å². The van der Waals surface area contributed by atoms with Gasteiger partial charge in [-0.3, -0.25) is 14.9 Å². The maximum Gasteiger partial charge on any atom is 0.270 e. The van der Waals surface area contributed by atoms with Gasteiger partial charge < -0.3 is 10.0 Å². The second kappa shape index (κ2) is 4.73. The maximum atomic E-state index is 12.2. The summed E-state index contributed by atoms with van der Waals surface area (Å²) in [6.45, 7) is 2.52. The number of β-amino-alcohol motifs (C(OH)–C–C–N with tert-alkyl or cyclic N) is 1. The number of carbonyl (C=O) groups excluding carboxylic acids is 1. The van der Waals surface area contributed by atoms with Gasteiger partial charge in [-0.2, -0.15) is 0 Å². The van der Waals surface area contributed by atoms with E-state index in [-0.39, 0.29) is 11.6 Å². The van der Waals surface area contributed by atoms with Gasteiger partial charge in [0, 0.05) is 30.8 Å². The lowest BCUT2D eigenvalue weighted by Crippen LogP contribution is -2.30. The van der Waals surface area contributed by atoms with E-state index in [2.05, 4.69) is 0 Å². The minimum Gasteiger partial charge on any atom is -0.391 e. The second-order valence-electron chi connectivity index (χ2n) is 4.45. The largest absolute Gasteiger partial charge is 0.391 e. The zero-order valence-electron chi connectivity index (χ0n) is 10.00. The van der Waals surface area contributed by atoms with E-state index in [9.17, 15) is 20.0 Å². The Morgan fingerprint density at radius 3 is 2.83 bits per heavy atom. The van der Waals surface area contributed by atoms with E-state index < -0.39 is 11.0 Å². The first-order valence-electron chi connectivity index (χ1n) is 5.71. The molecule has 6 heteroatoms. The molecule has 0 bridgehead atoms. The van der Waals surface area contributed by atoms with Crippen LogP contribution in [0.15, 0.2) is 18.2 Å². The molecule has 1 amide bonds. The molecule has 1 aromatic rings. The van der Waals surface area contributed by atoms with Crippen molar-refractivity contribution >= 4 is 11.6 Å². The van der Waals surface area contributed by atoms with Crippen molar-refractivity contribution in [2.24, 2.45) is 0 Å². The molecule has 0 saturated carbocycles. The Kier molecular flexibility index (Phi) is 3.29. The fourth-order valence-electron chi connectivity index (χ4n) is 2.05. The molecule has 1 aliphatic rings. The molecule has 1 aromatic carbocycles. The van der Waals surface area contributed by atoms with E-state index in [4.69, 9.17) is 0 Å². The van der Waals surface area contributed by atoms with E-state index in [1.165, 1.54) is 17.0 Å². The minimum absolute atomic E-state index is 0.0938. The number of nitro groups is 1. The Hall–Kier alpha value is -1.95. The lowest BCUT2D eigenvalue weighted by atomic mass is 10.1. The maximum absolute atomic E-state index is 12.2. The van der Waals surface area contributed by atoms with E-state index in [1.807, 2.05) is 0 Å². The highest BCUT2D eigenvalue weighted by molar-refractivity contribution is 5.96. The summed E-state index contributed by atoms with van der Waals surface area (Å²) >= 11 is 0. The molecule has 1 unspecified atom stereocenters. The summed E-state index contributed by atoms with van der Waals surface area (Å²) in [5.41, 5.74) is 0.939. The molecule has 18 heavy (non-hydrogen) atoms. The number of aryl methyl sites for hydroxylation is 1. The molecule has 96 valence electrons. The van der Waals surface area contributed by atoms with Crippen LogP contribution in [0.2, 0.25) is 0 Å². The summed E-state index contributed by atoms with van der Waals surface area (Å²) < 4.78 is 0. The van der Waals surface area contributed by atoms with Crippen molar-refractivity contribution in [3.05, 3.63) is 39.4 Å². The molecular formula is C12H14N2O4. The molecule has 1 aliphatic heterocycles. The van der Waals surface area contributed by atoms with E-state index in [0.717, 1.165) is 0 Å². The van der Waals surface area contributed by atoms with Crippen LogP contribution in [0.25, 0.3) is 0 Å². The zero-order valence-corrected chi connectivity index (χ0v) is 10.00. The number of nitro benzene ring substituents is 1. The topological polar surface area (TPSA) is 83.7 Å². The highest BCUT2D eigenvalue weighted by Gasteiger charge is 2.27. The lowest BCUT2D eigenvalue weighted by Gasteiger charge is -2.16. The van der Waals surface area contributed by atoms with Crippen LogP contribution in [0.5, 0.6) is 0 Å². The van der Waals surface area contributed by atoms with Gasteiger partial charge in [0.1, 0.15) is 0 Å². The smallest absolute Gasteiger partial charge is 0.270 e. The number of aliphatic hydroxyl groups excluding tert-OH is 1. The fourth-order valence-corrected chi connectivity index (χ4v) is 2.05.